The SMILES string of the molecule is CC(=O)NCC(O)C(O)c1cc(F)cc(C(F)(F)F)c1. The number of halogens is 4. The van der Waals surface area contributed by atoms with E-state index in [4.69, 9.17) is 0 Å². The Morgan fingerprint density at radius 3 is 2.40 bits per heavy atom. The first-order chi connectivity index (χ1) is 9.11. The summed E-state index contributed by atoms with van der Waals surface area (Å²) < 4.78 is 50.6. The highest BCUT2D eigenvalue weighted by atomic mass is 19.4. The van der Waals surface area contributed by atoms with Gasteiger partial charge in [-0.2, -0.15) is 13.2 Å². The number of amides is 1. The van der Waals surface area contributed by atoms with E-state index in [1.807, 2.05) is 0 Å². The van der Waals surface area contributed by atoms with E-state index in [2.05, 4.69) is 5.32 Å². The van der Waals surface area contributed by atoms with Crippen molar-refractivity contribution in [3.8, 4) is 0 Å². The summed E-state index contributed by atoms with van der Waals surface area (Å²) in [5.74, 6) is -1.66. The van der Waals surface area contributed by atoms with Crippen molar-refractivity contribution >= 4 is 5.91 Å². The Bertz CT molecular complexity index is 490. The van der Waals surface area contributed by atoms with E-state index in [1.54, 1.807) is 0 Å². The first-order valence-corrected chi connectivity index (χ1v) is 5.59. The summed E-state index contributed by atoms with van der Waals surface area (Å²) >= 11 is 0. The minimum atomic E-state index is -4.76. The third kappa shape index (κ3) is 4.46. The molecular formula is C12H13F4NO3. The van der Waals surface area contributed by atoms with Crippen molar-refractivity contribution in [3.05, 3.63) is 35.1 Å². The van der Waals surface area contributed by atoms with Gasteiger partial charge in [0.15, 0.2) is 0 Å². The second-order valence-corrected chi connectivity index (χ2v) is 4.22. The van der Waals surface area contributed by atoms with Gasteiger partial charge in [-0.05, 0) is 23.8 Å². The zero-order chi connectivity index (χ0) is 15.5. The Balaban J connectivity index is 2.95. The lowest BCUT2D eigenvalue weighted by atomic mass is 10.0. The minimum absolute atomic E-state index is 0.288. The maximum atomic E-state index is 13.1. The van der Waals surface area contributed by atoms with Gasteiger partial charge in [0.2, 0.25) is 5.91 Å². The van der Waals surface area contributed by atoms with Crippen LogP contribution in [0.4, 0.5) is 17.6 Å². The topological polar surface area (TPSA) is 69.6 Å². The number of aliphatic hydroxyl groups is 2. The standard InChI is InChI=1S/C12H13F4NO3/c1-6(18)17-5-10(19)11(20)7-2-8(12(14,15)16)4-9(13)3-7/h2-4,10-11,19-20H,5H2,1H3,(H,17,18). The van der Waals surface area contributed by atoms with Crippen molar-refractivity contribution in [2.24, 2.45) is 0 Å². The van der Waals surface area contributed by atoms with Crippen LogP contribution in [0.5, 0.6) is 0 Å². The van der Waals surface area contributed by atoms with Gasteiger partial charge in [-0.25, -0.2) is 4.39 Å². The van der Waals surface area contributed by atoms with E-state index in [-0.39, 0.29) is 12.6 Å². The molecule has 0 spiro atoms. The molecule has 4 nitrogen and oxygen atoms in total. The molecule has 0 heterocycles. The molecule has 0 aliphatic carbocycles. The van der Waals surface area contributed by atoms with Gasteiger partial charge in [-0.15, -0.1) is 0 Å². The highest BCUT2D eigenvalue weighted by Gasteiger charge is 2.32. The number of aliphatic hydroxyl groups excluding tert-OH is 2. The Labute approximate surface area is 112 Å². The van der Waals surface area contributed by atoms with Crippen molar-refractivity contribution in [2.45, 2.75) is 25.3 Å². The molecule has 1 rings (SSSR count). The van der Waals surface area contributed by atoms with Gasteiger partial charge in [0.1, 0.15) is 18.0 Å². The molecule has 0 fully saturated rings. The molecule has 0 aliphatic rings. The van der Waals surface area contributed by atoms with Crippen LogP contribution in [-0.4, -0.2) is 28.8 Å². The van der Waals surface area contributed by atoms with Gasteiger partial charge in [0.25, 0.3) is 0 Å². The second kappa shape index (κ2) is 6.19. The molecule has 1 aromatic rings. The number of nitrogens with one attached hydrogen (secondary N) is 1. The van der Waals surface area contributed by atoms with Crippen molar-refractivity contribution < 1.29 is 32.6 Å². The predicted molar refractivity (Wildman–Crippen MR) is 61.1 cm³/mol. The summed E-state index contributed by atoms with van der Waals surface area (Å²) in [5, 5.41) is 21.4. The molecule has 2 atom stereocenters. The molecule has 0 saturated carbocycles. The molecule has 20 heavy (non-hydrogen) atoms. The summed E-state index contributed by atoms with van der Waals surface area (Å²) in [6, 6.07) is 1.53. The quantitative estimate of drug-likeness (QED) is 0.735. The first-order valence-electron chi connectivity index (χ1n) is 5.59. The molecule has 0 bridgehead atoms. The molecule has 1 amide bonds. The molecule has 112 valence electrons. The fraction of sp³-hybridized carbons (Fsp3) is 0.417. The Morgan fingerprint density at radius 1 is 1.30 bits per heavy atom. The molecule has 0 saturated heterocycles. The molecule has 3 N–H and O–H groups in total. The minimum Gasteiger partial charge on any atom is -0.388 e. The first kappa shape index (κ1) is 16.4. The van der Waals surface area contributed by atoms with E-state index >= 15 is 0 Å². The van der Waals surface area contributed by atoms with Crippen LogP contribution in [0.1, 0.15) is 24.2 Å². The van der Waals surface area contributed by atoms with Crippen LogP contribution < -0.4 is 5.32 Å². The molecule has 0 aromatic heterocycles. The summed E-state index contributed by atoms with van der Waals surface area (Å²) in [4.78, 5) is 10.6. The van der Waals surface area contributed by atoms with Crippen molar-refractivity contribution in [1.82, 2.24) is 5.32 Å². The summed E-state index contributed by atoms with van der Waals surface area (Å²) in [7, 11) is 0. The highest BCUT2D eigenvalue weighted by Crippen LogP contribution is 2.32. The molecule has 8 heteroatoms. The lowest BCUT2D eigenvalue weighted by Gasteiger charge is -2.19. The summed E-state index contributed by atoms with van der Waals surface area (Å²) in [5.41, 5.74) is -1.69. The zero-order valence-electron chi connectivity index (χ0n) is 10.4. The molecule has 0 aliphatic heterocycles. The molecule has 1 aromatic carbocycles. The molecule has 2 unspecified atom stereocenters. The maximum Gasteiger partial charge on any atom is 0.416 e. The fourth-order valence-corrected chi connectivity index (χ4v) is 1.53. The average Bonchev–Trinajstić information content (AvgIpc) is 2.33. The van der Waals surface area contributed by atoms with Crippen molar-refractivity contribution in [1.29, 1.82) is 0 Å². The predicted octanol–water partition coefficient (Wildman–Crippen LogP) is 1.37. The van der Waals surface area contributed by atoms with E-state index in [1.165, 1.54) is 6.92 Å². The number of alkyl halides is 3. The van der Waals surface area contributed by atoms with Gasteiger partial charge < -0.3 is 15.5 Å². The third-order valence-electron chi connectivity index (χ3n) is 2.51. The monoisotopic (exact) mass is 295 g/mol. The maximum absolute atomic E-state index is 13.1. The Hall–Kier alpha value is -1.67. The van der Waals surface area contributed by atoms with Crippen LogP contribution in [0.25, 0.3) is 0 Å². The van der Waals surface area contributed by atoms with Gasteiger partial charge in [-0.1, -0.05) is 0 Å². The zero-order valence-corrected chi connectivity index (χ0v) is 10.4. The van der Waals surface area contributed by atoms with Crippen molar-refractivity contribution in [2.75, 3.05) is 6.54 Å². The Morgan fingerprint density at radius 2 is 1.90 bits per heavy atom. The smallest absolute Gasteiger partial charge is 0.388 e. The van der Waals surface area contributed by atoms with E-state index in [0.29, 0.717) is 12.1 Å². The number of rotatable bonds is 4. The second-order valence-electron chi connectivity index (χ2n) is 4.22. The number of hydrogen-bond acceptors (Lipinski definition) is 3. The number of hydrogen-bond donors (Lipinski definition) is 3. The summed E-state index contributed by atoms with van der Waals surface area (Å²) in [6.07, 6.45) is -8.07. The number of carbonyl (C=O) groups excluding carboxylic acids is 1. The summed E-state index contributed by atoms with van der Waals surface area (Å²) in [6.45, 7) is 0.803. The third-order valence-corrected chi connectivity index (χ3v) is 2.51. The van der Waals surface area contributed by atoms with Crippen LogP contribution in [0.3, 0.4) is 0 Å². The normalized spacial score (nSPS) is 14.8. The number of benzene rings is 1. The van der Waals surface area contributed by atoms with Crippen LogP contribution >= 0.6 is 0 Å². The highest BCUT2D eigenvalue weighted by molar-refractivity contribution is 5.72. The van der Waals surface area contributed by atoms with Crippen LogP contribution in [0, 0.1) is 5.82 Å². The van der Waals surface area contributed by atoms with Gasteiger partial charge in [0, 0.05) is 13.5 Å². The fourth-order valence-electron chi connectivity index (χ4n) is 1.53. The molecule has 0 radical (unpaired) electrons. The largest absolute Gasteiger partial charge is 0.416 e. The van der Waals surface area contributed by atoms with E-state index in [9.17, 15) is 32.6 Å². The van der Waals surface area contributed by atoms with Gasteiger partial charge in [-0.3, -0.25) is 4.79 Å². The lowest BCUT2D eigenvalue weighted by Crippen LogP contribution is -2.34. The van der Waals surface area contributed by atoms with E-state index in [0.717, 1.165) is 0 Å². The number of carbonyl (C=O) groups is 1. The average molecular weight is 295 g/mol. The van der Waals surface area contributed by atoms with Gasteiger partial charge >= 0.3 is 6.18 Å². The molecular weight excluding hydrogens is 282 g/mol. The lowest BCUT2D eigenvalue weighted by molar-refractivity contribution is -0.138. The van der Waals surface area contributed by atoms with Crippen LogP contribution in [-0.2, 0) is 11.0 Å². The van der Waals surface area contributed by atoms with Crippen LogP contribution in [0.2, 0.25) is 0 Å². The Kier molecular flexibility index (Phi) is 5.07. The van der Waals surface area contributed by atoms with Gasteiger partial charge in [0.05, 0.1) is 5.56 Å². The van der Waals surface area contributed by atoms with E-state index < -0.39 is 41.2 Å². The van der Waals surface area contributed by atoms with Crippen LogP contribution in [0.15, 0.2) is 18.2 Å². The van der Waals surface area contributed by atoms with Crippen molar-refractivity contribution in [3.63, 3.8) is 0 Å².